The van der Waals surface area contributed by atoms with E-state index in [2.05, 4.69) is 16.9 Å². The van der Waals surface area contributed by atoms with Crippen molar-refractivity contribution in [2.75, 3.05) is 0 Å². The Morgan fingerprint density at radius 1 is 1.04 bits per heavy atom. The molecule has 0 spiro atoms. The second-order valence-corrected chi connectivity index (χ2v) is 7.28. The zero-order valence-electron chi connectivity index (χ0n) is 16.2. The van der Waals surface area contributed by atoms with Crippen LogP contribution in [0, 0.1) is 6.92 Å². The van der Waals surface area contributed by atoms with Crippen molar-refractivity contribution in [2.45, 2.75) is 58.8 Å². The Labute approximate surface area is 160 Å². The van der Waals surface area contributed by atoms with Crippen LogP contribution in [0.1, 0.15) is 67.8 Å². The van der Waals surface area contributed by atoms with Crippen LogP contribution in [-0.4, -0.2) is 20.9 Å². The van der Waals surface area contributed by atoms with Gasteiger partial charge in [0.05, 0.1) is 16.6 Å². The SMILES string of the molecule is CCCCCCCCC(=O)c1ccc(O)c(-c2nc3ccc(C)cc3[nH]2)c1. The zero-order chi connectivity index (χ0) is 19.2. The standard InChI is InChI=1S/C23H28N2O2/c1-3-4-5-6-7-8-9-21(26)17-11-13-22(27)18(15-17)23-24-19-12-10-16(2)14-20(19)25-23/h10-15,27H,3-9H2,1-2H3,(H,24,25). The van der Waals surface area contributed by atoms with Crippen LogP contribution in [0.5, 0.6) is 5.75 Å². The molecular weight excluding hydrogens is 336 g/mol. The van der Waals surface area contributed by atoms with E-state index in [9.17, 15) is 9.90 Å². The summed E-state index contributed by atoms with van der Waals surface area (Å²) in [6.07, 6.45) is 7.51. The van der Waals surface area contributed by atoms with Crippen molar-refractivity contribution in [1.29, 1.82) is 0 Å². The van der Waals surface area contributed by atoms with Crippen LogP contribution < -0.4 is 0 Å². The maximum Gasteiger partial charge on any atom is 0.162 e. The van der Waals surface area contributed by atoms with Gasteiger partial charge in [0.15, 0.2) is 5.78 Å². The Balaban J connectivity index is 1.72. The summed E-state index contributed by atoms with van der Waals surface area (Å²) in [5, 5.41) is 10.3. The molecule has 2 aromatic carbocycles. The molecule has 0 saturated heterocycles. The van der Waals surface area contributed by atoms with Gasteiger partial charge in [-0.2, -0.15) is 0 Å². The third kappa shape index (κ3) is 4.76. The number of aromatic nitrogens is 2. The van der Waals surface area contributed by atoms with E-state index in [1.807, 2.05) is 25.1 Å². The highest BCUT2D eigenvalue weighted by Gasteiger charge is 2.14. The van der Waals surface area contributed by atoms with Crippen LogP contribution in [0.25, 0.3) is 22.4 Å². The number of phenols is 1. The monoisotopic (exact) mass is 364 g/mol. The number of nitrogens with one attached hydrogen (secondary N) is 1. The molecule has 0 fully saturated rings. The number of imidazole rings is 1. The van der Waals surface area contributed by atoms with Crippen molar-refractivity contribution in [3.05, 3.63) is 47.5 Å². The Bertz CT molecular complexity index is 927. The molecule has 1 aromatic heterocycles. The van der Waals surface area contributed by atoms with E-state index in [1.54, 1.807) is 18.2 Å². The average Bonchev–Trinajstić information content (AvgIpc) is 3.07. The lowest BCUT2D eigenvalue weighted by Crippen LogP contribution is -1.99. The van der Waals surface area contributed by atoms with E-state index in [4.69, 9.17) is 0 Å². The van der Waals surface area contributed by atoms with Crippen LogP contribution >= 0.6 is 0 Å². The highest BCUT2D eigenvalue weighted by atomic mass is 16.3. The number of Topliss-reactive ketones (excluding diaryl/α,β-unsaturated/α-hetero) is 1. The van der Waals surface area contributed by atoms with Crippen molar-refractivity contribution in [3.8, 4) is 17.1 Å². The fourth-order valence-corrected chi connectivity index (χ4v) is 3.36. The van der Waals surface area contributed by atoms with Crippen molar-refractivity contribution in [1.82, 2.24) is 9.97 Å². The third-order valence-corrected chi connectivity index (χ3v) is 4.97. The number of hydrogen-bond acceptors (Lipinski definition) is 3. The number of rotatable bonds is 9. The van der Waals surface area contributed by atoms with Crippen molar-refractivity contribution >= 4 is 16.8 Å². The van der Waals surface area contributed by atoms with Gasteiger partial charge < -0.3 is 10.1 Å². The number of aromatic hydroxyl groups is 1. The highest BCUT2D eigenvalue weighted by molar-refractivity contribution is 5.97. The summed E-state index contributed by atoms with van der Waals surface area (Å²) in [4.78, 5) is 20.3. The quantitative estimate of drug-likeness (QED) is 0.352. The van der Waals surface area contributed by atoms with Gasteiger partial charge in [-0.3, -0.25) is 4.79 Å². The predicted molar refractivity (Wildman–Crippen MR) is 110 cm³/mol. The predicted octanol–water partition coefficient (Wildman–Crippen LogP) is 6.18. The minimum atomic E-state index is 0.124. The molecule has 1 heterocycles. The van der Waals surface area contributed by atoms with Gasteiger partial charge in [0.1, 0.15) is 11.6 Å². The first-order valence-electron chi connectivity index (χ1n) is 9.91. The lowest BCUT2D eigenvalue weighted by molar-refractivity contribution is 0.0979. The van der Waals surface area contributed by atoms with Gasteiger partial charge >= 0.3 is 0 Å². The van der Waals surface area contributed by atoms with Gasteiger partial charge in [0.2, 0.25) is 0 Å². The van der Waals surface area contributed by atoms with Crippen molar-refractivity contribution in [2.24, 2.45) is 0 Å². The number of nitrogens with zero attached hydrogens (tertiary/aromatic N) is 1. The van der Waals surface area contributed by atoms with E-state index < -0.39 is 0 Å². The fourth-order valence-electron chi connectivity index (χ4n) is 3.36. The van der Waals surface area contributed by atoms with Crippen LogP contribution in [0.4, 0.5) is 0 Å². The molecule has 0 aliphatic carbocycles. The summed E-state index contributed by atoms with van der Waals surface area (Å²) in [7, 11) is 0. The fraction of sp³-hybridized carbons (Fsp3) is 0.391. The van der Waals surface area contributed by atoms with Gasteiger partial charge in [-0.25, -0.2) is 4.98 Å². The lowest BCUT2D eigenvalue weighted by atomic mass is 10.0. The summed E-state index contributed by atoms with van der Waals surface area (Å²) in [5.41, 5.74) is 4.11. The summed E-state index contributed by atoms with van der Waals surface area (Å²) >= 11 is 0. The van der Waals surface area contributed by atoms with E-state index in [-0.39, 0.29) is 11.5 Å². The molecule has 0 amide bonds. The number of unbranched alkanes of at least 4 members (excludes halogenated alkanes) is 5. The molecule has 0 radical (unpaired) electrons. The van der Waals surface area contributed by atoms with Crippen LogP contribution in [-0.2, 0) is 0 Å². The first-order valence-corrected chi connectivity index (χ1v) is 9.91. The lowest BCUT2D eigenvalue weighted by Gasteiger charge is -2.06. The third-order valence-electron chi connectivity index (χ3n) is 4.97. The molecule has 0 atom stereocenters. The van der Waals surface area contributed by atoms with Crippen LogP contribution in [0.2, 0.25) is 0 Å². The molecule has 27 heavy (non-hydrogen) atoms. The Morgan fingerprint density at radius 2 is 1.81 bits per heavy atom. The first kappa shape index (κ1) is 19.2. The van der Waals surface area contributed by atoms with Gasteiger partial charge in [-0.05, 0) is 49.2 Å². The molecule has 0 unspecified atom stereocenters. The number of aryl methyl sites for hydroxylation is 1. The van der Waals surface area contributed by atoms with Gasteiger partial charge in [0.25, 0.3) is 0 Å². The van der Waals surface area contributed by atoms with E-state index in [0.29, 0.717) is 23.4 Å². The molecule has 0 bridgehead atoms. The average molecular weight is 364 g/mol. The minimum Gasteiger partial charge on any atom is -0.507 e. The number of H-pyrrole nitrogens is 1. The topological polar surface area (TPSA) is 66.0 Å². The Hall–Kier alpha value is -2.62. The molecule has 4 heteroatoms. The van der Waals surface area contributed by atoms with Crippen LogP contribution in [0.3, 0.4) is 0 Å². The summed E-state index contributed by atoms with van der Waals surface area (Å²) < 4.78 is 0. The molecule has 142 valence electrons. The van der Waals surface area contributed by atoms with E-state index in [0.717, 1.165) is 29.4 Å². The van der Waals surface area contributed by atoms with Crippen LogP contribution in [0.15, 0.2) is 36.4 Å². The summed E-state index contributed by atoms with van der Waals surface area (Å²) in [6, 6.07) is 11.0. The highest BCUT2D eigenvalue weighted by Crippen LogP contribution is 2.30. The van der Waals surface area contributed by atoms with Gasteiger partial charge in [-0.15, -0.1) is 0 Å². The number of benzene rings is 2. The molecule has 3 aromatic rings. The minimum absolute atomic E-state index is 0.124. The largest absolute Gasteiger partial charge is 0.507 e. The second kappa shape index (κ2) is 8.85. The molecule has 2 N–H and O–H groups in total. The second-order valence-electron chi connectivity index (χ2n) is 7.28. The zero-order valence-corrected chi connectivity index (χ0v) is 16.2. The molecule has 3 rings (SSSR count). The van der Waals surface area contributed by atoms with E-state index in [1.165, 1.54) is 25.7 Å². The maximum atomic E-state index is 12.5. The Morgan fingerprint density at radius 3 is 2.63 bits per heavy atom. The molecule has 0 saturated carbocycles. The van der Waals surface area contributed by atoms with Crippen molar-refractivity contribution < 1.29 is 9.90 Å². The molecule has 0 aliphatic heterocycles. The first-order chi connectivity index (χ1) is 13.1. The summed E-state index contributed by atoms with van der Waals surface area (Å²) in [5.74, 6) is 0.836. The Kier molecular flexibility index (Phi) is 6.28. The number of phenolic OH excluding ortho intramolecular Hbond substituents is 1. The molecule has 4 nitrogen and oxygen atoms in total. The number of fused-ring (bicyclic) bond motifs is 1. The van der Waals surface area contributed by atoms with Gasteiger partial charge in [0, 0.05) is 12.0 Å². The number of aromatic amines is 1. The smallest absolute Gasteiger partial charge is 0.162 e. The summed E-state index contributed by atoms with van der Waals surface area (Å²) in [6.45, 7) is 4.23. The van der Waals surface area contributed by atoms with Gasteiger partial charge in [-0.1, -0.05) is 45.1 Å². The van der Waals surface area contributed by atoms with Crippen molar-refractivity contribution in [3.63, 3.8) is 0 Å². The molecular formula is C23H28N2O2. The number of hydrogen-bond donors (Lipinski definition) is 2. The molecule has 0 aliphatic rings. The maximum absolute atomic E-state index is 12.5. The number of carbonyl (C=O) groups is 1. The normalized spacial score (nSPS) is 11.2. The number of carbonyl (C=O) groups excluding carboxylic acids is 1. The number of ketones is 1. The van der Waals surface area contributed by atoms with E-state index >= 15 is 0 Å².